The Labute approximate surface area is 182 Å². The van der Waals surface area contributed by atoms with Crippen molar-refractivity contribution < 1.29 is 18.0 Å². The van der Waals surface area contributed by atoms with E-state index in [1.54, 1.807) is 18.2 Å². The fraction of sp³-hybridized carbons (Fsp3) is 0.619. The van der Waals surface area contributed by atoms with Gasteiger partial charge in [-0.05, 0) is 56.7 Å². The van der Waals surface area contributed by atoms with Gasteiger partial charge in [0.05, 0.1) is 15.8 Å². The molecule has 2 amide bonds. The molecule has 164 valence electrons. The molecule has 2 fully saturated rings. The molecule has 3 aliphatic heterocycles. The number of amides is 2. The molecule has 3 aliphatic rings. The van der Waals surface area contributed by atoms with Gasteiger partial charge in [-0.15, -0.1) is 11.8 Å². The van der Waals surface area contributed by atoms with Gasteiger partial charge >= 0.3 is 0 Å². The maximum Gasteiger partial charge on any atom is 0.243 e. The molecule has 4 rings (SSSR count). The summed E-state index contributed by atoms with van der Waals surface area (Å²) in [6.07, 6.45) is 3.32. The van der Waals surface area contributed by atoms with Crippen molar-refractivity contribution in [3.8, 4) is 0 Å². The van der Waals surface area contributed by atoms with Crippen LogP contribution in [0.1, 0.15) is 39.5 Å². The number of hydrogen-bond donors (Lipinski definition) is 1. The molecule has 0 aromatic heterocycles. The second-order valence-corrected chi connectivity index (χ2v) is 11.9. The molecule has 0 spiro atoms. The molecular weight excluding hydrogens is 422 g/mol. The number of carbonyl (C=O) groups excluding carboxylic acids is 2. The summed E-state index contributed by atoms with van der Waals surface area (Å²) < 4.78 is 27.8. The highest BCUT2D eigenvalue weighted by molar-refractivity contribution is 8.01. The normalized spacial score (nSPS) is 26.2. The summed E-state index contributed by atoms with van der Waals surface area (Å²) in [7, 11) is -3.66. The van der Waals surface area contributed by atoms with E-state index in [4.69, 9.17) is 0 Å². The minimum Gasteiger partial charge on any atom is -0.342 e. The van der Waals surface area contributed by atoms with Crippen LogP contribution in [0.3, 0.4) is 0 Å². The first-order chi connectivity index (χ1) is 14.3. The Morgan fingerprint density at radius 2 is 1.87 bits per heavy atom. The highest BCUT2D eigenvalue weighted by Gasteiger charge is 2.35. The molecule has 7 nitrogen and oxygen atoms in total. The minimum atomic E-state index is -3.66. The van der Waals surface area contributed by atoms with Gasteiger partial charge in [0.15, 0.2) is 0 Å². The van der Waals surface area contributed by atoms with Crippen LogP contribution in [0.15, 0.2) is 28.0 Å². The molecule has 0 bridgehead atoms. The van der Waals surface area contributed by atoms with Crippen LogP contribution < -0.4 is 5.32 Å². The van der Waals surface area contributed by atoms with E-state index in [2.05, 4.69) is 12.2 Å². The fourth-order valence-electron chi connectivity index (χ4n) is 4.49. The Hall–Kier alpha value is -1.58. The van der Waals surface area contributed by atoms with Crippen molar-refractivity contribution in [1.82, 2.24) is 9.21 Å². The van der Waals surface area contributed by atoms with Crippen LogP contribution in [-0.4, -0.2) is 60.9 Å². The second-order valence-electron chi connectivity index (χ2n) is 8.62. The third-order valence-corrected chi connectivity index (χ3v) is 9.36. The fourth-order valence-corrected chi connectivity index (χ4v) is 6.92. The lowest BCUT2D eigenvalue weighted by Crippen LogP contribution is -2.46. The van der Waals surface area contributed by atoms with E-state index in [0.29, 0.717) is 37.5 Å². The molecule has 2 atom stereocenters. The molecule has 1 N–H and O–H groups in total. The smallest absolute Gasteiger partial charge is 0.243 e. The molecule has 3 heterocycles. The number of nitrogens with one attached hydrogen (secondary N) is 1. The van der Waals surface area contributed by atoms with E-state index >= 15 is 0 Å². The second kappa shape index (κ2) is 8.51. The first kappa shape index (κ1) is 21.6. The van der Waals surface area contributed by atoms with Crippen molar-refractivity contribution in [3.05, 3.63) is 18.2 Å². The van der Waals surface area contributed by atoms with Gasteiger partial charge in [-0.25, -0.2) is 8.42 Å². The zero-order valence-corrected chi connectivity index (χ0v) is 19.1. The average molecular weight is 452 g/mol. The van der Waals surface area contributed by atoms with Gasteiger partial charge in [-0.3, -0.25) is 9.59 Å². The summed E-state index contributed by atoms with van der Waals surface area (Å²) in [4.78, 5) is 27.8. The summed E-state index contributed by atoms with van der Waals surface area (Å²) in [6.45, 7) is 6.32. The van der Waals surface area contributed by atoms with E-state index in [1.165, 1.54) is 22.5 Å². The van der Waals surface area contributed by atoms with Gasteiger partial charge in [0.25, 0.3) is 0 Å². The van der Waals surface area contributed by atoms with E-state index in [0.717, 1.165) is 24.4 Å². The van der Waals surface area contributed by atoms with Crippen LogP contribution in [-0.2, 0) is 19.6 Å². The van der Waals surface area contributed by atoms with Crippen LogP contribution in [0.25, 0.3) is 0 Å². The maximum absolute atomic E-state index is 13.2. The van der Waals surface area contributed by atoms with Gasteiger partial charge in [0.2, 0.25) is 21.8 Å². The zero-order valence-electron chi connectivity index (χ0n) is 17.5. The van der Waals surface area contributed by atoms with Crippen molar-refractivity contribution in [1.29, 1.82) is 0 Å². The summed E-state index contributed by atoms with van der Waals surface area (Å²) in [6, 6.07) is 4.92. The van der Waals surface area contributed by atoms with Gasteiger partial charge in [0, 0.05) is 37.0 Å². The largest absolute Gasteiger partial charge is 0.342 e. The molecule has 2 saturated heterocycles. The highest BCUT2D eigenvalue weighted by atomic mass is 32.2. The predicted octanol–water partition coefficient (Wildman–Crippen LogP) is 2.78. The Kier molecular flexibility index (Phi) is 6.14. The van der Waals surface area contributed by atoms with E-state index in [1.807, 2.05) is 11.8 Å². The topological polar surface area (TPSA) is 86.8 Å². The van der Waals surface area contributed by atoms with Crippen molar-refractivity contribution in [3.63, 3.8) is 0 Å². The SMILES string of the molecule is C[C@H]1CCCN(C(=O)C2CCN(S(=O)(=O)c3ccc4c(c3)NC(=O)[C@@H](C)S4)CC2)C1. The van der Waals surface area contributed by atoms with E-state index < -0.39 is 10.0 Å². The quantitative estimate of drug-likeness (QED) is 0.764. The summed E-state index contributed by atoms with van der Waals surface area (Å²) in [5.41, 5.74) is 0.549. The molecule has 1 aromatic rings. The lowest BCUT2D eigenvalue weighted by molar-refractivity contribution is -0.138. The van der Waals surface area contributed by atoms with Gasteiger partial charge in [0.1, 0.15) is 0 Å². The van der Waals surface area contributed by atoms with Gasteiger partial charge in [-0.1, -0.05) is 6.92 Å². The number of thioether (sulfide) groups is 1. The number of sulfonamides is 1. The van der Waals surface area contributed by atoms with Crippen molar-refractivity contribution in [2.75, 3.05) is 31.5 Å². The van der Waals surface area contributed by atoms with E-state index in [9.17, 15) is 18.0 Å². The Bertz CT molecular complexity index is 942. The first-order valence-corrected chi connectivity index (χ1v) is 13.0. The van der Waals surface area contributed by atoms with Crippen LogP contribution >= 0.6 is 11.8 Å². The number of rotatable bonds is 3. The van der Waals surface area contributed by atoms with Crippen molar-refractivity contribution in [2.24, 2.45) is 11.8 Å². The van der Waals surface area contributed by atoms with Crippen LogP contribution in [0.4, 0.5) is 5.69 Å². The van der Waals surface area contributed by atoms with Gasteiger partial charge < -0.3 is 10.2 Å². The lowest BCUT2D eigenvalue weighted by Gasteiger charge is -2.36. The zero-order chi connectivity index (χ0) is 21.5. The van der Waals surface area contributed by atoms with Crippen molar-refractivity contribution >= 4 is 39.3 Å². The summed E-state index contributed by atoms with van der Waals surface area (Å²) in [5, 5.41) is 2.60. The van der Waals surface area contributed by atoms with Crippen LogP contribution in [0.2, 0.25) is 0 Å². The summed E-state index contributed by atoms with van der Waals surface area (Å²) >= 11 is 1.43. The third kappa shape index (κ3) is 4.24. The van der Waals surface area contributed by atoms with Crippen LogP contribution in [0.5, 0.6) is 0 Å². The molecule has 9 heteroatoms. The number of carbonyl (C=O) groups is 2. The number of hydrogen-bond acceptors (Lipinski definition) is 5. The molecule has 0 unspecified atom stereocenters. The molecule has 0 saturated carbocycles. The van der Waals surface area contributed by atoms with Crippen LogP contribution in [0, 0.1) is 11.8 Å². The number of likely N-dealkylation sites (tertiary alicyclic amines) is 1. The highest BCUT2D eigenvalue weighted by Crippen LogP contribution is 2.37. The third-order valence-electron chi connectivity index (χ3n) is 6.29. The maximum atomic E-state index is 13.2. The first-order valence-electron chi connectivity index (χ1n) is 10.7. The average Bonchev–Trinajstić information content (AvgIpc) is 2.74. The monoisotopic (exact) mass is 451 g/mol. The Balaban J connectivity index is 1.42. The summed E-state index contributed by atoms with van der Waals surface area (Å²) in [5.74, 6) is 0.505. The van der Waals surface area contributed by atoms with Crippen molar-refractivity contribution in [2.45, 2.75) is 54.6 Å². The lowest BCUT2D eigenvalue weighted by atomic mass is 9.93. The Morgan fingerprint density at radius 1 is 1.13 bits per heavy atom. The number of benzene rings is 1. The molecule has 1 aromatic carbocycles. The Morgan fingerprint density at radius 3 is 2.57 bits per heavy atom. The minimum absolute atomic E-state index is 0.0949. The number of piperidine rings is 2. The molecular formula is C21H29N3O4S2. The standard InChI is InChI=1S/C21H29N3O4S2/c1-14-4-3-9-23(13-14)21(26)16-7-10-24(11-8-16)30(27,28)17-5-6-19-18(12-17)22-20(25)15(2)29-19/h5-6,12,14-16H,3-4,7-11,13H2,1-2H3,(H,22,25)/t14-,15+/m0/s1. The predicted molar refractivity (Wildman–Crippen MR) is 117 cm³/mol. The molecule has 0 radical (unpaired) electrons. The van der Waals surface area contributed by atoms with Gasteiger partial charge in [-0.2, -0.15) is 4.31 Å². The number of nitrogens with zero attached hydrogens (tertiary/aromatic N) is 2. The molecule has 0 aliphatic carbocycles. The van der Waals surface area contributed by atoms with E-state index in [-0.39, 0.29) is 27.9 Å². The number of anilines is 1. The molecule has 30 heavy (non-hydrogen) atoms. The number of fused-ring (bicyclic) bond motifs is 1.